The Kier molecular flexibility index (Phi) is 6.96. The Bertz CT molecular complexity index is 1820. The van der Waals surface area contributed by atoms with Crippen LogP contribution in [0.2, 0.25) is 19.6 Å². The van der Waals surface area contributed by atoms with E-state index >= 15 is 0 Å². The van der Waals surface area contributed by atoms with Crippen molar-refractivity contribution in [2.75, 3.05) is 0 Å². The first kappa shape index (κ1) is 27.6. The third kappa shape index (κ3) is 4.59. The molecule has 0 saturated heterocycles. The van der Waals surface area contributed by atoms with Crippen LogP contribution < -0.4 is 15.6 Å². The van der Waals surface area contributed by atoms with Crippen molar-refractivity contribution in [1.29, 1.82) is 0 Å². The highest BCUT2D eigenvalue weighted by Gasteiger charge is 2.54. The summed E-state index contributed by atoms with van der Waals surface area (Å²) in [5, 5.41) is 6.03. The van der Waals surface area contributed by atoms with Crippen molar-refractivity contribution in [3.8, 4) is 0 Å². The van der Waals surface area contributed by atoms with E-state index in [-0.39, 0.29) is 5.54 Å². The van der Waals surface area contributed by atoms with Gasteiger partial charge in [-0.2, -0.15) is 0 Å². The number of furan rings is 1. The predicted octanol–water partition coefficient (Wildman–Crippen LogP) is 8.61. The molecule has 0 saturated carbocycles. The minimum Gasteiger partial charge on any atom is -0.465 e. The van der Waals surface area contributed by atoms with Crippen LogP contribution in [0.3, 0.4) is 0 Å². The number of benzene rings is 4. The van der Waals surface area contributed by atoms with Crippen LogP contribution >= 0.6 is 0 Å². The number of hydrogen-bond acceptors (Lipinski definition) is 1. The van der Waals surface area contributed by atoms with Gasteiger partial charge in [0.05, 0.1) is 14.3 Å². The second kappa shape index (κ2) is 10.8. The average Bonchev–Trinajstić information content (AvgIpc) is 3.79. The van der Waals surface area contributed by atoms with Crippen LogP contribution in [-0.4, -0.2) is 16.1 Å². The van der Waals surface area contributed by atoms with Gasteiger partial charge in [-0.15, -0.1) is 0 Å². The fraction of sp³-hybridized carbons (Fsp3) is 0.150. The first-order chi connectivity index (χ1) is 20.9. The zero-order chi connectivity index (χ0) is 29.6. The van der Waals surface area contributed by atoms with E-state index in [0.717, 1.165) is 12.2 Å². The summed E-state index contributed by atoms with van der Waals surface area (Å²) in [6.07, 6.45) is 7.75. The largest absolute Gasteiger partial charge is 0.465 e. The van der Waals surface area contributed by atoms with Gasteiger partial charge in [0.15, 0.2) is 8.07 Å². The van der Waals surface area contributed by atoms with Gasteiger partial charge >= 0.3 is 0 Å². The van der Waals surface area contributed by atoms with Gasteiger partial charge in [0, 0.05) is 11.1 Å². The van der Waals surface area contributed by atoms with E-state index < -0.39 is 16.1 Å². The van der Waals surface area contributed by atoms with E-state index in [0.29, 0.717) is 0 Å². The Balaban J connectivity index is 1.57. The molecule has 0 radical (unpaired) electrons. The van der Waals surface area contributed by atoms with Gasteiger partial charge in [0.25, 0.3) is 0 Å². The standard InChI is InChI=1S/C40H38OSi2/c1-29-26-31(30-16-8-5-9-17-30)27-39(29)43(32-18-10-6-11-19-32,33-20-12-7-13-21-33)40-34-22-14-24-38(42(2,3)4)35(34)28-36(40)37-23-15-25-41-37/h5-26,28,40H,27H2,1-4H3. The van der Waals surface area contributed by atoms with Crippen LogP contribution in [0.1, 0.15) is 41.3 Å². The maximum atomic E-state index is 6.29. The van der Waals surface area contributed by atoms with Crippen molar-refractivity contribution in [1.82, 2.24) is 0 Å². The summed E-state index contributed by atoms with van der Waals surface area (Å²) in [5.74, 6) is 0.985. The fourth-order valence-electron chi connectivity index (χ4n) is 7.62. The van der Waals surface area contributed by atoms with Gasteiger partial charge in [-0.3, -0.25) is 0 Å². The van der Waals surface area contributed by atoms with Crippen molar-refractivity contribution < 1.29 is 4.42 Å². The van der Waals surface area contributed by atoms with Gasteiger partial charge in [-0.25, -0.2) is 0 Å². The topological polar surface area (TPSA) is 13.1 Å². The molecule has 0 bridgehead atoms. The number of fused-ring (bicyclic) bond motifs is 1. The van der Waals surface area contributed by atoms with Gasteiger partial charge in [0.1, 0.15) is 5.76 Å². The molecule has 0 aliphatic heterocycles. The molecule has 1 unspecified atom stereocenters. The Morgan fingerprint density at radius 3 is 1.86 bits per heavy atom. The monoisotopic (exact) mass is 590 g/mol. The maximum Gasteiger partial charge on any atom is 0.156 e. The maximum absolute atomic E-state index is 6.29. The molecule has 212 valence electrons. The van der Waals surface area contributed by atoms with Crippen LogP contribution in [0.15, 0.2) is 149 Å². The molecule has 1 atom stereocenters. The minimum absolute atomic E-state index is 0.170. The third-order valence-corrected chi connectivity index (χ3v) is 17.0. The molecule has 1 aromatic heterocycles. The molecule has 0 fully saturated rings. The van der Waals surface area contributed by atoms with E-state index in [4.69, 9.17) is 4.42 Å². The van der Waals surface area contributed by atoms with Crippen molar-refractivity contribution in [2.45, 2.75) is 38.5 Å². The molecule has 43 heavy (non-hydrogen) atoms. The Morgan fingerprint density at radius 2 is 1.28 bits per heavy atom. The highest BCUT2D eigenvalue weighted by molar-refractivity contribution is 7.09. The highest BCUT2D eigenvalue weighted by Crippen LogP contribution is 2.52. The zero-order valence-corrected chi connectivity index (χ0v) is 27.5. The molecule has 5 aromatic rings. The van der Waals surface area contributed by atoms with Gasteiger partial charge < -0.3 is 4.42 Å². The van der Waals surface area contributed by atoms with Crippen molar-refractivity contribution in [2.24, 2.45) is 0 Å². The Labute approximate surface area is 258 Å². The van der Waals surface area contributed by atoms with Crippen LogP contribution in [0.25, 0.3) is 17.2 Å². The normalized spacial score (nSPS) is 16.7. The molecule has 1 nitrogen and oxygen atoms in total. The molecule has 0 spiro atoms. The van der Waals surface area contributed by atoms with Crippen LogP contribution in [-0.2, 0) is 0 Å². The summed E-state index contributed by atoms with van der Waals surface area (Å²) in [4.78, 5) is 0. The first-order valence-corrected chi connectivity index (χ1v) is 20.9. The van der Waals surface area contributed by atoms with Crippen molar-refractivity contribution in [3.63, 3.8) is 0 Å². The average molecular weight is 591 g/mol. The molecule has 2 aliphatic rings. The third-order valence-electron chi connectivity index (χ3n) is 9.42. The lowest BCUT2D eigenvalue weighted by atomic mass is 10.1. The number of hydrogen-bond donors (Lipinski definition) is 0. The Morgan fingerprint density at radius 1 is 0.651 bits per heavy atom. The second-order valence-electron chi connectivity index (χ2n) is 13.0. The highest BCUT2D eigenvalue weighted by atomic mass is 28.3. The first-order valence-electron chi connectivity index (χ1n) is 15.3. The van der Waals surface area contributed by atoms with E-state index in [1.54, 1.807) is 5.20 Å². The minimum atomic E-state index is -2.76. The molecular formula is C40H38OSi2. The molecule has 3 heteroatoms. The lowest BCUT2D eigenvalue weighted by molar-refractivity contribution is 0.551. The van der Waals surface area contributed by atoms with Gasteiger partial charge in [-0.05, 0) is 64.2 Å². The van der Waals surface area contributed by atoms with Crippen LogP contribution in [0.5, 0.6) is 0 Å². The number of rotatable bonds is 7. The lowest BCUT2D eigenvalue weighted by Crippen LogP contribution is -2.64. The predicted molar refractivity (Wildman–Crippen MR) is 188 cm³/mol. The molecule has 4 aromatic carbocycles. The fourth-order valence-corrected chi connectivity index (χ4v) is 15.3. The molecular weight excluding hydrogens is 553 g/mol. The zero-order valence-electron chi connectivity index (χ0n) is 25.5. The lowest BCUT2D eigenvalue weighted by Gasteiger charge is -2.42. The molecule has 1 heterocycles. The summed E-state index contributed by atoms with van der Waals surface area (Å²) in [6.45, 7) is 9.75. The van der Waals surface area contributed by atoms with E-state index in [1.807, 2.05) is 12.3 Å². The summed E-state index contributed by atoms with van der Waals surface area (Å²) >= 11 is 0. The second-order valence-corrected chi connectivity index (χ2v) is 22.0. The summed E-state index contributed by atoms with van der Waals surface area (Å²) in [5.41, 5.74) is 8.51. The van der Waals surface area contributed by atoms with E-state index in [9.17, 15) is 0 Å². The smallest absolute Gasteiger partial charge is 0.156 e. The van der Waals surface area contributed by atoms with Crippen LogP contribution in [0.4, 0.5) is 0 Å². The number of allylic oxidation sites excluding steroid dienone is 5. The summed E-state index contributed by atoms with van der Waals surface area (Å²) in [7, 11) is -4.39. The van der Waals surface area contributed by atoms with Crippen LogP contribution in [0, 0.1) is 0 Å². The van der Waals surface area contributed by atoms with Gasteiger partial charge in [0.2, 0.25) is 0 Å². The summed E-state index contributed by atoms with van der Waals surface area (Å²) < 4.78 is 6.29. The molecule has 2 aliphatic carbocycles. The Hall–Kier alpha value is -4.19. The molecule has 0 N–H and O–H groups in total. The SMILES string of the molecule is CC1=C([Si](c2ccccc2)(c2ccccc2)C2C(c3ccco3)=Cc3c2cccc3[Si](C)(C)C)CC(c2ccccc2)=C1. The van der Waals surface area contributed by atoms with Crippen molar-refractivity contribution >= 4 is 48.9 Å². The van der Waals surface area contributed by atoms with E-state index in [2.05, 4.69) is 154 Å². The van der Waals surface area contributed by atoms with E-state index in [1.165, 1.54) is 49.0 Å². The van der Waals surface area contributed by atoms with Crippen molar-refractivity contribution in [3.05, 3.63) is 167 Å². The van der Waals surface area contributed by atoms with Gasteiger partial charge in [-0.1, -0.05) is 151 Å². The molecule has 0 amide bonds. The molecule has 7 rings (SSSR count). The quantitative estimate of drug-likeness (QED) is 0.173. The summed E-state index contributed by atoms with van der Waals surface area (Å²) in [6, 6.07) is 45.1.